The molecule has 33 heavy (non-hydrogen) atoms. The first-order valence-corrected chi connectivity index (χ1v) is 10.9. The summed E-state index contributed by atoms with van der Waals surface area (Å²) >= 11 is 18.6. The monoisotopic (exact) mass is 512 g/mol. The molecule has 1 heterocycles. The number of aliphatic carboxylic acids is 1. The van der Waals surface area contributed by atoms with Gasteiger partial charge in [-0.05, 0) is 54.4 Å². The van der Waals surface area contributed by atoms with Gasteiger partial charge in [-0.2, -0.15) is 0 Å². The number of rotatable bonds is 6. The maximum Gasteiger partial charge on any atom is 1.00 e. The third kappa shape index (κ3) is 5.86. The number of fused-ring (bicyclic) bond motifs is 1. The van der Waals surface area contributed by atoms with Gasteiger partial charge in [0.1, 0.15) is 16.5 Å². The van der Waals surface area contributed by atoms with Crippen molar-refractivity contribution < 1.29 is 53.7 Å². The zero-order chi connectivity index (χ0) is 22.8. The number of halogens is 3. The van der Waals surface area contributed by atoms with Crippen LogP contribution in [0.2, 0.25) is 15.1 Å². The number of ketones is 1. The van der Waals surface area contributed by atoms with Crippen LogP contribution in [0.1, 0.15) is 33.8 Å². The minimum absolute atomic E-state index is 0. The largest absolute Gasteiger partial charge is 1.00 e. The molecule has 0 aromatic heterocycles. The molecule has 3 aromatic rings. The molecule has 1 atom stereocenters. The minimum atomic E-state index is -1.21. The molecule has 0 saturated heterocycles. The van der Waals surface area contributed by atoms with E-state index in [9.17, 15) is 14.7 Å². The predicted octanol–water partition coefficient (Wildman–Crippen LogP) is 2.48. The topological polar surface area (TPSA) is 75.7 Å². The second-order valence-corrected chi connectivity index (χ2v) is 8.50. The molecule has 0 radical (unpaired) electrons. The average molecular weight is 514 g/mol. The number of ether oxygens (including phenoxy) is 2. The molecular formula is C24H16Cl3NaO5. The van der Waals surface area contributed by atoms with E-state index in [1.807, 2.05) is 12.1 Å². The van der Waals surface area contributed by atoms with Crippen LogP contribution in [-0.2, 0) is 11.2 Å². The van der Waals surface area contributed by atoms with E-state index in [0.29, 0.717) is 21.9 Å². The van der Waals surface area contributed by atoms with Crippen LogP contribution in [0.4, 0.5) is 0 Å². The van der Waals surface area contributed by atoms with Crippen molar-refractivity contribution in [3.8, 4) is 17.2 Å². The fourth-order valence-corrected chi connectivity index (χ4v) is 4.23. The first-order valence-electron chi connectivity index (χ1n) is 9.74. The van der Waals surface area contributed by atoms with E-state index in [1.54, 1.807) is 36.4 Å². The summed E-state index contributed by atoms with van der Waals surface area (Å²) in [6.07, 6.45) is 0.518. The molecule has 9 heteroatoms. The van der Waals surface area contributed by atoms with Gasteiger partial charge in [-0.15, -0.1) is 0 Å². The molecule has 164 valence electrons. The molecule has 5 nitrogen and oxygen atoms in total. The summed E-state index contributed by atoms with van der Waals surface area (Å²) in [6.45, 7) is 0.191. The number of carboxylic acids is 1. The number of benzene rings is 3. The number of carboxylic acid groups (broad SMARTS) is 1. The van der Waals surface area contributed by atoms with Crippen LogP contribution in [0, 0.1) is 0 Å². The molecule has 0 fully saturated rings. The van der Waals surface area contributed by atoms with E-state index in [-0.39, 0.29) is 76.3 Å². The van der Waals surface area contributed by atoms with E-state index in [2.05, 4.69) is 0 Å². The van der Waals surface area contributed by atoms with Gasteiger partial charge in [-0.25, -0.2) is 0 Å². The third-order valence-corrected chi connectivity index (χ3v) is 6.02. The Balaban J connectivity index is 0.00000306. The molecule has 0 saturated carbocycles. The average Bonchev–Trinajstić information content (AvgIpc) is 2.78. The molecule has 3 aromatic carbocycles. The van der Waals surface area contributed by atoms with Crippen LogP contribution in [0.25, 0.3) is 0 Å². The van der Waals surface area contributed by atoms with Gasteiger partial charge >= 0.3 is 29.6 Å². The molecule has 0 N–H and O–H groups in total. The van der Waals surface area contributed by atoms with Crippen molar-refractivity contribution >= 4 is 46.6 Å². The Bertz CT molecular complexity index is 1180. The summed E-state index contributed by atoms with van der Waals surface area (Å²) in [4.78, 5) is 24.0. The first-order chi connectivity index (χ1) is 15.3. The van der Waals surface area contributed by atoms with Gasteiger partial charge in [-0.3, -0.25) is 4.79 Å². The Morgan fingerprint density at radius 2 is 1.70 bits per heavy atom. The summed E-state index contributed by atoms with van der Waals surface area (Å²) in [5, 5.41) is 12.3. The van der Waals surface area contributed by atoms with Crippen LogP contribution < -0.4 is 44.1 Å². The van der Waals surface area contributed by atoms with Gasteiger partial charge in [0.05, 0.1) is 11.6 Å². The summed E-state index contributed by atoms with van der Waals surface area (Å²) in [7, 11) is 0. The maximum absolute atomic E-state index is 12.5. The normalized spacial score (nSPS) is 14.5. The molecule has 0 amide bonds. The van der Waals surface area contributed by atoms with Gasteiger partial charge in [0.2, 0.25) is 0 Å². The standard InChI is InChI=1S/C24H17Cl3O5.Na/c25-15-5-1-13(2-6-15)11-20(28)14-3-7-16(8-4-14)32-23-19(26)12-18-17(24(29)30)9-10-31-22(18)21(23)27;/h1-8,12,17H,9-11H2,(H,29,30);/q;+1/p-1. The summed E-state index contributed by atoms with van der Waals surface area (Å²) in [6, 6.07) is 15.1. The molecule has 4 rings (SSSR count). The number of Topliss-reactive ketones (excluding diaryl/α,β-unsaturated/α-hetero) is 1. The van der Waals surface area contributed by atoms with E-state index >= 15 is 0 Å². The molecule has 1 aliphatic heterocycles. The molecule has 0 bridgehead atoms. The van der Waals surface area contributed by atoms with Crippen LogP contribution in [-0.4, -0.2) is 18.4 Å². The molecule has 0 spiro atoms. The number of carbonyl (C=O) groups is 2. The summed E-state index contributed by atoms with van der Waals surface area (Å²) in [5.41, 5.74) is 1.75. The van der Waals surface area contributed by atoms with Crippen molar-refractivity contribution in [3.63, 3.8) is 0 Å². The number of carbonyl (C=O) groups excluding carboxylic acids is 2. The Morgan fingerprint density at radius 1 is 1.03 bits per heavy atom. The molecule has 1 unspecified atom stereocenters. The van der Waals surface area contributed by atoms with Gasteiger partial charge in [-0.1, -0.05) is 46.9 Å². The fraction of sp³-hybridized carbons (Fsp3) is 0.167. The first kappa shape index (κ1) is 25.9. The second-order valence-electron chi connectivity index (χ2n) is 7.28. The van der Waals surface area contributed by atoms with Gasteiger partial charge < -0.3 is 19.4 Å². The van der Waals surface area contributed by atoms with Crippen molar-refractivity contribution in [1.29, 1.82) is 0 Å². The zero-order valence-corrected chi connectivity index (χ0v) is 21.8. The smallest absolute Gasteiger partial charge is 0.549 e. The van der Waals surface area contributed by atoms with Crippen LogP contribution in [0.15, 0.2) is 54.6 Å². The van der Waals surface area contributed by atoms with Crippen molar-refractivity contribution in [2.75, 3.05) is 6.61 Å². The Labute approximate surface area is 227 Å². The maximum atomic E-state index is 12.5. The van der Waals surface area contributed by atoms with Gasteiger partial charge in [0, 0.05) is 34.5 Å². The Morgan fingerprint density at radius 3 is 2.33 bits per heavy atom. The Kier molecular flexibility index (Phi) is 8.73. The second kappa shape index (κ2) is 11.1. The van der Waals surface area contributed by atoms with Crippen LogP contribution >= 0.6 is 34.8 Å². The van der Waals surface area contributed by atoms with E-state index in [4.69, 9.17) is 44.3 Å². The van der Waals surface area contributed by atoms with Gasteiger partial charge in [0.25, 0.3) is 0 Å². The van der Waals surface area contributed by atoms with E-state index < -0.39 is 11.9 Å². The molecule has 0 aliphatic carbocycles. The van der Waals surface area contributed by atoms with Gasteiger partial charge in [0.15, 0.2) is 11.5 Å². The Hall–Kier alpha value is -1.73. The van der Waals surface area contributed by atoms with Crippen LogP contribution in [0.3, 0.4) is 0 Å². The quantitative estimate of drug-likeness (QED) is 0.374. The minimum Gasteiger partial charge on any atom is -0.549 e. The van der Waals surface area contributed by atoms with Crippen molar-refractivity contribution in [1.82, 2.24) is 0 Å². The van der Waals surface area contributed by atoms with E-state index in [1.165, 1.54) is 6.07 Å². The SMILES string of the molecule is O=C(Cc1ccc(Cl)cc1)c1ccc(Oc2c(Cl)cc3c(c2Cl)OCCC3C(=O)[O-])cc1.[Na+]. The predicted molar refractivity (Wildman–Crippen MR) is 120 cm³/mol. The third-order valence-electron chi connectivity index (χ3n) is 5.15. The van der Waals surface area contributed by atoms with Crippen molar-refractivity contribution in [2.24, 2.45) is 0 Å². The number of hydrogen-bond donors (Lipinski definition) is 0. The zero-order valence-electron chi connectivity index (χ0n) is 17.6. The summed E-state index contributed by atoms with van der Waals surface area (Å²) in [5.74, 6) is -1.34. The van der Waals surface area contributed by atoms with E-state index in [0.717, 1.165) is 5.56 Å². The number of hydrogen-bond acceptors (Lipinski definition) is 5. The molecular weight excluding hydrogens is 498 g/mol. The van der Waals surface area contributed by atoms with Crippen molar-refractivity contribution in [3.05, 3.63) is 86.4 Å². The van der Waals surface area contributed by atoms with Crippen molar-refractivity contribution in [2.45, 2.75) is 18.8 Å². The molecule has 1 aliphatic rings. The fourth-order valence-electron chi connectivity index (χ4n) is 3.50. The van der Waals surface area contributed by atoms with Crippen LogP contribution in [0.5, 0.6) is 17.2 Å². The summed E-state index contributed by atoms with van der Waals surface area (Å²) < 4.78 is 11.4.